The molecule has 0 unspecified atom stereocenters. The van der Waals surface area contributed by atoms with Crippen LogP contribution < -0.4 is 5.32 Å². The van der Waals surface area contributed by atoms with Crippen molar-refractivity contribution < 1.29 is 24.5 Å². The van der Waals surface area contributed by atoms with Gasteiger partial charge >= 0.3 is 19.8 Å². The maximum atomic E-state index is 13.2. The molecule has 0 fully saturated rings. The van der Waals surface area contributed by atoms with Crippen LogP contribution >= 0.6 is 19.8 Å². The highest BCUT2D eigenvalue weighted by Crippen LogP contribution is 2.26. The third-order valence-electron chi connectivity index (χ3n) is 1.68. The molecular formula is C9H6F2INO4. The first-order valence-electron chi connectivity index (χ1n) is 4.19. The van der Waals surface area contributed by atoms with E-state index in [1.54, 1.807) is 5.32 Å². The second-order valence-electron chi connectivity index (χ2n) is 2.98. The van der Waals surface area contributed by atoms with Crippen LogP contribution in [-0.2, 0) is 10.9 Å². The van der Waals surface area contributed by atoms with Crippen LogP contribution in [0.15, 0.2) is 12.1 Å². The van der Waals surface area contributed by atoms with Gasteiger partial charge in [0, 0.05) is 13.0 Å². The molecule has 1 rings (SSSR count). The normalized spacial score (nSPS) is 10.4. The van der Waals surface area contributed by atoms with Crippen LogP contribution in [0.1, 0.15) is 17.3 Å². The maximum Gasteiger partial charge on any atom is 0.344 e. The monoisotopic (exact) mass is 357 g/mol. The van der Waals surface area contributed by atoms with Gasteiger partial charge in [0.15, 0.2) is 0 Å². The molecule has 0 atom stereocenters. The third kappa shape index (κ3) is 3.25. The topological polar surface area (TPSA) is 80.3 Å². The number of benzene rings is 1. The highest BCUT2D eigenvalue weighted by atomic mass is 127. The Hall–Kier alpha value is -1.45. The number of hydrogen-bond acceptors (Lipinski definition) is 4. The molecule has 0 aromatic heterocycles. The number of carbonyl (C=O) groups excluding carboxylic acids is 2. The van der Waals surface area contributed by atoms with Crippen molar-refractivity contribution in [2.24, 2.45) is 0 Å². The summed E-state index contributed by atoms with van der Waals surface area (Å²) in [6, 6.07) is 0.928. The van der Waals surface area contributed by atoms with E-state index in [1.165, 1.54) is 0 Å². The zero-order valence-corrected chi connectivity index (χ0v) is 10.6. The fourth-order valence-electron chi connectivity index (χ4n) is 1.11. The van der Waals surface area contributed by atoms with Gasteiger partial charge in [-0.15, -0.1) is 0 Å². The Labute approximate surface area is 101 Å². The number of rotatable bonds is 2. The Morgan fingerprint density at radius 3 is 2.29 bits per heavy atom. The lowest BCUT2D eigenvalue weighted by atomic mass is 10.2. The molecule has 8 heteroatoms. The first-order valence-corrected chi connectivity index (χ1v) is 7.03. The third-order valence-corrected chi connectivity index (χ3v) is 3.66. The van der Waals surface area contributed by atoms with Gasteiger partial charge in [0.05, 0.1) is 5.56 Å². The van der Waals surface area contributed by atoms with Crippen molar-refractivity contribution in [3.8, 4) is 0 Å². The molecule has 0 saturated heterocycles. The molecule has 0 aliphatic heterocycles. The fourth-order valence-corrected chi connectivity index (χ4v) is 2.56. The summed E-state index contributed by atoms with van der Waals surface area (Å²) in [5.41, 5.74) is -0.701. The van der Waals surface area contributed by atoms with Crippen molar-refractivity contribution in [1.29, 1.82) is 0 Å². The SMILES string of the molecule is CC(=O)NC(=O)c1cc(F)cc(F)c1I(=O)=O. The Morgan fingerprint density at radius 2 is 1.82 bits per heavy atom. The average Bonchev–Trinajstić information content (AvgIpc) is 2.14. The van der Waals surface area contributed by atoms with Gasteiger partial charge in [0.1, 0.15) is 15.2 Å². The molecule has 5 nitrogen and oxygen atoms in total. The standard InChI is InChI=1S/C9H6F2INO4/c1-4(14)13-9(15)6-2-5(10)3-7(11)8(6)12(16)17/h2-3H,1H3,(H,13,14,15). The molecule has 0 aliphatic carbocycles. The van der Waals surface area contributed by atoms with Gasteiger partial charge in [-0.05, 0) is 6.07 Å². The molecule has 92 valence electrons. The molecule has 0 spiro atoms. The molecule has 17 heavy (non-hydrogen) atoms. The van der Waals surface area contributed by atoms with E-state index >= 15 is 0 Å². The Kier molecular flexibility index (Phi) is 4.21. The van der Waals surface area contributed by atoms with Crippen molar-refractivity contribution >= 4 is 31.6 Å². The Balaban J connectivity index is 3.40. The number of hydrogen-bond donors (Lipinski definition) is 1. The van der Waals surface area contributed by atoms with Crippen LogP contribution in [0.3, 0.4) is 0 Å². The van der Waals surface area contributed by atoms with E-state index in [9.17, 15) is 24.5 Å². The first-order chi connectivity index (χ1) is 7.82. The Bertz CT molecular complexity index is 560. The number of amides is 2. The molecule has 0 radical (unpaired) electrons. The lowest BCUT2D eigenvalue weighted by molar-refractivity contribution is -0.118. The molecule has 0 heterocycles. The van der Waals surface area contributed by atoms with Crippen molar-refractivity contribution in [1.82, 2.24) is 5.32 Å². The van der Waals surface area contributed by atoms with Crippen LogP contribution in [0.4, 0.5) is 8.78 Å². The van der Waals surface area contributed by atoms with Gasteiger partial charge in [0.2, 0.25) is 5.91 Å². The minimum atomic E-state index is -4.32. The second kappa shape index (κ2) is 5.25. The number of carbonyl (C=O) groups is 2. The highest BCUT2D eigenvalue weighted by Gasteiger charge is 2.21. The Morgan fingerprint density at radius 1 is 1.24 bits per heavy atom. The summed E-state index contributed by atoms with van der Waals surface area (Å²) >= 11 is -4.32. The molecular weight excluding hydrogens is 351 g/mol. The summed E-state index contributed by atoms with van der Waals surface area (Å²) in [4.78, 5) is 22.0. The number of halogens is 3. The van der Waals surface area contributed by atoms with Crippen LogP contribution in [0, 0.1) is 15.2 Å². The van der Waals surface area contributed by atoms with Crippen molar-refractivity contribution in [3.05, 3.63) is 32.9 Å². The summed E-state index contributed by atoms with van der Waals surface area (Å²) in [6.07, 6.45) is 0. The number of imide groups is 1. The molecule has 0 saturated carbocycles. The number of nitrogens with one attached hydrogen (secondary N) is 1. The minimum Gasteiger partial charge on any atom is -0.293 e. The predicted octanol–water partition coefficient (Wildman–Crippen LogP) is 1.61. The summed E-state index contributed by atoms with van der Waals surface area (Å²) in [5.74, 6) is -4.35. The van der Waals surface area contributed by atoms with E-state index in [-0.39, 0.29) is 0 Å². The average molecular weight is 357 g/mol. The first kappa shape index (κ1) is 13.6. The van der Waals surface area contributed by atoms with E-state index in [0.29, 0.717) is 12.1 Å². The van der Waals surface area contributed by atoms with Gasteiger partial charge < -0.3 is 0 Å². The molecule has 2 amide bonds. The zero-order chi connectivity index (χ0) is 13.2. The largest absolute Gasteiger partial charge is 0.344 e. The van der Waals surface area contributed by atoms with Gasteiger partial charge in [-0.3, -0.25) is 14.9 Å². The van der Waals surface area contributed by atoms with E-state index in [0.717, 1.165) is 6.92 Å². The van der Waals surface area contributed by atoms with Crippen LogP contribution in [0.25, 0.3) is 0 Å². The molecule has 1 aromatic carbocycles. The van der Waals surface area contributed by atoms with E-state index in [2.05, 4.69) is 0 Å². The van der Waals surface area contributed by atoms with Crippen LogP contribution in [0.2, 0.25) is 0 Å². The molecule has 1 N–H and O–H groups in total. The van der Waals surface area contributed by atoms with E-state index in [4.69, 9.17) is 0 Å². The van der Waals surface area contributed by atoms with Gasteiger partial charge in [0.25, 0.3) is 5.91 Å². The van der Waals surface area contributed by atoms with Gasteiger partial charge in [-0.2, -0.15) is 0 Å². The molecule has 1 aromatic rings. The predicted molar refractivity (Wildman–Crippen MR) is 58.6 cm³/mol. The minimum absolute atomic E-state index is 0.361. The quantitative estimate of drug-likeness (QED) is 0.644. The van der Waals surface area contributed by atoms with E-state index < -0.39 is 52.4 Å². The fraction of sp³-hybridized carbons (Fsp3) is 0.111. The van der Waals surface area contributed by atoms with Crippen molar-refractivity contribution in [3.63, 3.8) is 0 Å². The lowest BCUT2D eigenvalue weighted by Crippen LogP contribution is -2.29. The lowest BCUT2D eigenvalue weighted by Gasteiger charge is -2.04. The summed E-state index contributed by atoms with van der Waals surface area (Å²) in [6.45, 7) is 1.01. The van der Waals surface area contributed by atoms with Gasteiger partial charge in [-0.25, -0.2) is 14.9 Å². The van der Waals surface area contributed by atoms with Crippen LogP contribution in [0.5, 0.6) is 0 Å². The molecule has 0 bridgehead atoms. The smallest absolute Gasteiger partial charge is 0.293 e. The van der Waals surface area contributed by atoms with Crippen molar-refractivity contribution in [2.45, 2.75) is 6.92 Å². The van der Waals surface area contributed by atoms with Crippen LogP contribution in [-0.4, -0.2) is 11.8 Å². The summed E-state index contributed by atoms with van der Waals surface area (Å²) in [7, 11) is 0. The maximum absolute atomic E-state index is 13.2. The molecule has 0 aliphatic rings. The second-order valence-corrected chi connectivity index (χ2v) is 5.30. The summed E-state index contributed by atoms with van der Waals surface area (Å²) in [5, 5.41) is 1.74. The van der Waals surface area contributed by atoms with E-state index in [1.807, 2.05) is 0 Å². The van der Waals surface area contributed by atoms with Gasteiger partial charge in [-0.1, -0.05) is 0 Å². The van der Waals surface area contributed by atoms with Crippen molar-refractivity contribution in [2.75, 3.05) is 0 Å². The summed E-state index contributed by atoms with van der Waals surface area (Å²) < 4.78 is 46.9. The zero-order valence-electron chi connectivity index (χ0n) is 8.42. The highest BCUT2D eigenvalue weighted by molar-refractivity contribution is 14.2.